The number of benzene rings is 2. The van der Waals surface area contributed by atoms with E-state index < -0.39 is 43.3 Å². The molecule has 7 atom stereocenters. The minimum Gasteiger partial charge on any atom is -0.399 e. The molecule has 0 radical (unpaired) electrons. The van der Waals surface area contributed by atoms with E-state index in [1.807, 2.05) is 24.3 Å². The van der Waals surface area contributed by atoms with E-state index in [1.165, 1.54) is 0 Å². The van der Waals surface area contributed by atoms with E-state index in [0.717, 1.165) is 11.1 Å². The van der Waals surface area contributed by atoms with E-state index in [4.69, 9.17) is 35.2 Å². The highest BCUT2D eigenvalue weighted by molar-refractivity contribution is 5.40. The summed E-state index contributed by atoms with van der Waals surface area (Å²) in [6.07, 6.45) is -3.70. The molecule has 2 aromatic carbocycles. The second kappa shape index (κ2) is 7.00. The fourth-order valence-electron chi connectivity index (χ4n) is 3.83. The summed E-state index contributed by atoms with van der Waals surface area (Å²) in [4.78, 5) is 0. The molecule has 5 rings (SSSR count). The Hall–Kier alpha value is -2.20. The number of ether oxygens (including phenoxy) is 5. The summed E-state index contributed by atoms with van der Waals surface area (Å²) in [5, 5.41) is 9.79. The maximum Gasteiger partial charge on any atom is 0.190 e. The van der Waals surface area contributed by atoms with Gasteiger partial charge in [0, 0.05) is 22.5 Å². The van der Waals surface area contributed by atoms with Crippen LogP contribution in [0.5, 0.6) is 0 Å². The average Bonchev–Trinajstić information content (AvgIpc) is 3.27. The highest BCUT2D eigenvalue weighted by Crippen LogP contribution is 2.45. The number of rotatable bonds is 3. The molecule has 2 aromatic rings. The lowest BCUT2D eigenvalue weighted by atomic mass is 10.0. The second-order valence-corrected chi connectivity index (χ2v) is 7.16. The molecule has 3 aliphatic heterocycles. The van der Waals surface area contributed by atoms with Gasteiger partial charge < -0.3 is 40.3 Å². The first-order valence-corrected chi connectivity index (χ1v) is 9.21. The maximum absolute atomic E-state index is 9.79. The fraction of sp³-hybridized carbons (Fsp3) is 0.400. The summed E-state index contributed by atoms with van der Waals surface area (Å²) in [6.45, 7) is -0.198. The number of fused-ring (bicyclic) bond motifs is 3. The zero-order chi connectivity index (χ0) is 19.3. The fourth-order valence-corrected chi connectivity index (χ4v) is 3.83. The molecule has 148 valence electrons. The lowest BCUT2D eigenvalue weighted by Gasteiger charge is -2.38. The van der Waals surface area contributed by atoms with Crippen LogP contribution in [0.1, 0.15) is 23.7 Å². The largest absolute Gasteiger partial charge is 0.399 e. The highest BCUT2D eigenvalue weighted by atomic mass is 16.8. The van der Waals surface area contributed by atoms with Gasteiger partial charge in [0.15, 0.2) is 18.9 Å². The molecule has 28 heavy (non-hydrogen) atoms. The zero-order valence-corrected chi connectivity index (χ0v) is 15.0. The Labute approximate surface area is 161 Å². The molecule has 8 nitrogen and oxygen atoms in total. The third-order valence-corrected chi connectivity index (χ3v) is 5.29. The molecular formula is C20H22N2O6. The van der Waals surface area contributed by atoms with Crippen molar-refractivity contribution >= 4 is 11.4 Å². The van der Waals surface area contributed by atoms with Gasteiger partial charge in [-0.05, 0) is 24.3 Å². The van der Waals surface area contributed by atoms with Crippen molar-refractivity contribution in [2.75, 3.05) is 18.1 Å². The number of nitrogens with two attached hydrogens (primary N) is 2. The van der Waals surface area contributed by atoms with Gasteiger partial charge >= 0.3 is 0 Å². The van der Waals surface area contributed by atoms with Crippen LogP contribution >= 0.6 is 0 Å². The molecule has 0 aliphatic carbocycles. The third kappa shape index (κ3) is 3.04. The van der Waals surface area contributed by atoms with Crippen LogP contribution in [0.2, 0.25) is 0 Å². The van der Waals surface area contributed by atoms with E-state index in [2.05, 4.69) is 0 Å². The highest BCUT2D eigenvalue weighted by Gasteiger charge is 2.58. The van der Waals surface area contributed by atoms with Gasteiger partial charge in [-0.1, -0.05) is 24.3 Å². The first kappa shape index (κ1) is 17.9. The summed E-state index contributed by atoms with van der Waals surface area (Å²) in [7, 11) is 0. The van der Waals surface area contributed by atoms with Gasteiger partial charge in [-0.3, -0.25) is 0 Å². The van der Waals surface area contributed by atoms with Crippen molar-refractivity contribution in [2.24, 2.45) is 0 Å². The number of aliphatic hydroxyl groups is 1. The van der Waals surface area contributed by atoms with Crippen LogP contribution in [0, 0.1) is 0 Å². The number of hydrogen-bond donors (Lipinski definition) is 3. The molecule has 3 saturated heterocycles. The van der Waals surface area contributed by atoms with E-state index in [1.54, 1.807) is 24.3 Å². The number of nitrogen functional groups attached to an aromatic ring is 2. The second-order valence-electron chi connectivity index (χ2n) is 7.16. The molecule has 0 amide bonds. The van der Waals surface area contributed by atoms with E-state index in [0.29, 0.717) is 11.4 Å². The molecule has 3 heterocycles. The third-order valence-electron chi connectivity index (χ3n) is 5.29. The average molecular weight is 386 g/mol. The van der Waals surface area contributed by atoms with Gasteiger partial charge in [0.2, 0.25) is 0 Å². The number of aliphatic hydroxyl groups excluding tert-OH is 1. The van der Waals surface area contributed by atoms with Crippen LogP contribution < -0.4 is 11.5 Å². The molecule has 5 N–H and O–H groups in total. The predicted octanol–water partition coefficient (Wildman–Crippen LogP) is 1.46. The summed E-state index contributed by atoms with van der Waals surface area (Å²) in [5.74, 6) is 0. The molecule has 0 saturated carbocycles. The normalized spacial score (nSPS) is 36.8. The molecule has 0 spiro atoms. The Balaban J connectivity index is 1.36. The Bertz CT molecular complexity index is 830. The van der Waals surface area contributed by atoms with Crippen LogP contribution in [-0.4, -0.2) is 42.4 Å². The van der Waals surface area contributed by atoms with Crippen molar-refractivity contribution in [3.63, 3.8) is 0 Å². The smallest absolute Gasteiger partial charge is 0.190 e. The Kier molecular flexibility index (Phi) is 4.47. The summed E-state index contributed by atoms with van der Waals surface area (Å²) >= 11 is 0. The molecule has 3 fully saturated rings. The minimum atomic E-state index is -0.652. The summed E-state index contributed by atoms with van der Waals surface area (Å²) in [5.41, 5.74) is 14.5. The monoisotopic (exact) mass is 386 g/mol. The van der Waals surface area contributed by atoms with Gasteiger partial charge in [0.25, 0.3) is 0 Å². The number of hydrogen-bond acceptors (Lipinski definition) is 8. The SMILES string of the molecule is Nc1ccc(C2OC3OC4C(CO)OC(c5ccc(N)cc5)OC4C3O2)cc1. The summed E-state index contributed by atoms with van der Waals surface area (Å²) < 4.78 is 30.1. The first-order chi connectivity index (χ1) is 13.6. The molecule has 7 unspecified atom stereocenters. The van der Waals surface area contributed by atoms with Crippen LogP contribution in [0.25, 0.3) is 0 Å². The lowest BCUT2D eigenvalue weighted by Crippen LogP contribution is -2.50. The van der Waals surface area contributed by atoms with E-state index in [9.17, 15) is 5.11 Å². The van der Waals surface area contributed by atoms with Gasteiger partial charge in [-0.25, -0.2) is 0 Å². The van der Waals surface area contributed by atoms with Crippen LogP contribution in [0.4, 0.5) is 11.4 Å². The Morgan fingerprint density at radius 3 is 1.75 bits per heavy atom. The van der Waals surface area contributed by atoms with Gasteiger partial charge in [0.1, 0.15) is 24.4 Å². The van der Waals surface area contributed by atoms with Crippen LogP contribution in [0.3, 0.4) is 0 Å². The van der Waals surface area contributed by atoms with Crippen molar-refractivity contribution in [2.45, 2.75) is 43.3 Å². The first-order valence-electron chi connectivity index (χ1n) is 9.21. The van der Waals surface area contributed by atoms with Gasteiger partial charge in [-0.2, -0.15) is 0 Å². The molecule has 0 bridgehead atoms. The van der Waals surface area contributed by atoms with Crippen molar-refractivity contribution < 1.29 is 28.8 Å². The maximum atomic E-state index is 9.79. The molecule has 8 heteroatoms. The lowest BCUT2D eigenvalue weighted by molar-refractivity contribution is -0.305. The van der Waals surface area contributed by atoms with E-state index >= 15 is 0 Å². The quantitative estimate of drug-likeness (QED) is 0.679. The molecular weight excluding hydrogens is 364 g/mol. The van der Waals surface area contributed by atoms with Gasteiger partial charge in [-0.15, -0.1) is 0 Å². The summed E-state index contributed by atoms with van der Waals surface area (Å²) in [6, 6.07) is 14.5. The van der Waals surface area contributed by atoms with Gasteiger partial charge in [0.05, 0.1) is 6.61 Å². The minimum absolute atomic E-state index is 0.198. The van der Waals surface area contributed by atoms with Crippen molar-refractivity contribution in [1.29, 1.82) is 0 Å². The van der Waals surface area contributed by atoms with E-state index in [-0.39, 0.29) is 6.61 Å². The topological polar surface area (TPSA) is 118 Å². The van der Waals surface area contributed by atoms with Crippen molar-refractivity contribution in [3.8, 4) is 0 Å². The van der Waals surface area contributed by atoms with Crippen LogP contribution in [-0.2, 0) is 23.7 Å². The van der Waals surface area contributed by atoms with Crippen LogP contribution in [0.15, 0.2) is 48.5 Å². The Morgan fingerprint density at radius 2 is 1.18 bits per heavy atom. The number of anilines is 2. The van der Waals surface area contributed by atoms with Crippen molar-refractivity contribution in [1.82, 2.24) is 0 Å². The zero-order valence-electron chi connectivity index (χ0n) is 15.0. The van der Waals surface area contributed by atoms with Crippen molar-refractivity contribution in [3.05, 3.63) is 59.7 Å². The Morgan fingerprint density at radius 1 is 0.643 bits per heavy atom. The molecule has 3 aliphatic rings. The predicted molar refractivity (Wildman–Crippen MR) is 98.6 cm³/mol. The standard InChI is InChI=1S/C20H22N2O6/c21-12-5-1-10(2-6-12)18-24-14(9-23)15-16(26-18)17-20(25-15)28-19(27-17)11-3-7-13(22)8-4-11/h1-8,14-20,23H,9,21-22H2. The molecule has 0 aromatic heterocycles.